The standard InChI is InChI=1S/C19H15ClFNO4S/c1-25-18-4-2-3-5-19(18)26-14-8-6-13(7-9-14)22-27(23,24)15-10-11-17(21)16(20)12-15/h2-12,22H,1H3. The van der Waals surface area contributed by atoms with Gasteiger partial charge in [-0.3, -0.25) is 4.72 Å². The number of para-hydroxylation sites is 2. The Labute approximate surface area is 161 Å². The molecule has 3 aromatic rings. The van der Waals surface area contributed by atoms with E-state index in [0.29, 0.717) is 22.9 Å². The molecule has 0 amide bonds. The molecule has 0 aromatic heterocycles. The molecule has 0 aliphatic heterocycles. The van der Waals surface area contributed by atoms with Crippen LogP contribution in [0.4, 0.5) is 10.1 Å². The van der Waals surface area contributed by atoms with Crippen LogP contribution in [0.5, 0.6) is 17.2 Å². The molecule has 3 rings (SSSR count). The van der Waals surface area contributed by atoms with E-state index in [0.717, 1.165) is 18.2 Å². The highest BCUT2D eigenvalue weighted by atomic mass is 35.5. The summed E-state index contributed by atoms with van der Waals surface area (Å²) in [6.07, 6.45) is 0. The lowest BCUT2D eigenvalue weighted by Gasteiger charge is -2.11. The molecule has 1 N–H and O–H groups in total. The maximum atomic E-state index is 13.2. The molecule has 0 spiro atoms. The second-order valence-corrected chi connectivity index (χ2v) is 7.55. The number of halogens is 2. The maximum Gasteiger partial charge on any atom is 0.261 e. The second kappa shape index (κ2) is 7.85. The van der Waals surface area contributed by atoms with Gasteiger partial charge in [0.15, 0.2) is 11.5 Å². The van der Waals surface area contributed by atoms with Crippen molar-refractivity contribution in [2.45, 2.75) is 4.90 Å². The fraction of sp³-hybridized carbons (Fsp3) is 0.0526. The van der Waals surface area contributed by atoms with E-state index in [4.69, 9.17) is 21.1 Å². The molecular formula is C19H15ClFNO4S. The van der Waals surface area contributed by atoms with Gasteiger partial charge in [-0.15, -0.1) is 0 Å². The van der Waals surface area contributed by atoms with E-state index in [9.17, 15) is 12.8 Å². The van der Waals surface area contributed by atoms with E-state index < -0.39 is 15.8 Å². The zero-order chi connectivity index (χ0) is 19.4. The molecule has 0 unspecified atom stereocenters. The second-order valence-electron chi connectivity index (χ2n) is 5.46. The fourth-order valence-corrected chi connectivity index (χ4v) is 3.61. The van der Waals surface area contributed by atoms with E-state index in [2.05, 4.69) is 4.72 Å². The van der Waals surface area contributed by atoms with Crippen LogP contribution in [0.1, 0.15) is 0 Å². The van der Waals surface area contributed by atoms with Crippen molar-refractivity contribution < 1.29 is 22.3 Å². The molecule has 0 saturated heterocycles. The van der Waals surface area contributed by atoms with Crippen molar-refractivity contribution in [2.24, 2.45) is 0 Å². The number of sulfonamides is 1. The molecule has 0 aliphatic carbocycles. The van der Waals surface area contributed by atoms with Gasteiger partial charge in [-0.2, -0.15) is 0 Å². The maximum absolute atomic E-state index is 13.2. The van der Waals surface area contributed by atoms with Crippen molar-refractivity contribution in [1.82, 2.24) is 0 Å². The van der Waals surface area contributed by atoms with E-state index in [1.54, 1.807) is 43.5 Å². The third-order valence-electron chi connectivity index (χ3n) is 3.60. The van der Waals surface area contributed by atoms with Crippen molar-refractivity contribution in [2.75, 3.05) is 11.8 Å². The van der Waals surface area contributed by atoms with E-state index in [1.165, 1.54) is 0 Å². The van der Waals surface area contributed by atoms with Gasteiger partial charge in [0.2, 0.25) is 0 Å². The largest absolute Gasteiger partial charge is 0.493 e. The van der Waals surface area contributed by atoms with Crippen molar-refractivity contribution in [1.29, 1.82) is 0 Å². The summed E-state index contributed by atoms with van der Waals surface area (Å²) in [6, 6.07) is 16.7. The minimum atomic E-state index is -3.90. The molecule has 0 fully saturated rings. The molecule has 0 aliphatic rings. The van der Waals surface area contributed by atoms with Crippen LogP contribution in [0.25, 0.3) is 0 Å². The van der Waals surface area contributed by atoms with Crippen LogP contribution in [0, 0.1) is 5.82 Å². The van der Waals surface area contributed by atoms with Crippen molar-refractivity contribution in [3.63, 3.8) is 0 Å². The summed E-state index contributed by atoms with van der Waals surface area (Å²) in [5, 5.41) is -0.265. The smallest absolute Gasteiger partial charge is 0.261 e. The minimum absolute atomic E-state index is 0.136. The molecule has 3 aromatic carbocycles. The number of nitrogens with one attached hydrogen (secondary N) is 1. The van der Waals surface area contributed by atoms with Crippen molar-refractivity contribution >= 4 is 27.3 Å². The zero-order valence-corrected chi connectivity index (χ0v) is 15.7. The van der Waals surface area contributed by atoms with E-state index in [-0.39, 0.29) is 9.92 Å². The summed E-state index contributed by atoms with van der Waals surface area (Å²) >= 11 is 5.65. The number of rotatable bonds is 6. The molecule has 0 heterocycles. The highest BCUT2D eigenvalue weighted by Gasteiger charge is 2.16. The first-order valence-electron chi connectivity index (χ1n) is 7.78. The highest BCUT2D eigenvalue weighted by molar-refractivity contribution is 7.92. The van der Waals surface area contributed by atoms with E-state index >= 15 is 0 Å². The van der Waals surface area contributed by atoms with Crippen LogP contribution in [-0.4, -0.2) is 15.5 Å². The minimum Gasteiger partial charge on any atom is -0.493 e. The molecule has 0 saturated carbocycles. The first-order valence-corrected chi connectivity index (χ1v) is 9.64. The Morgan fingerprint density at radius 1 is 0.963 bits per heavy atom. The third kappa shape index (κ3) is 4.50. The molecule has 27 heavy (non-hydrogen) atoms. The highest BCUT2D eigenvalue weighted by Crippen LogP contribution is 2.31. The van der Waals surface area contributed by atoms with Gasteiger partial charge in [0.25, 0.3) is 10.0 Å². The zero-order valence-electron chi connectivity index (χ0n) is 14.1. The first-order chi connectivity index (χ1) is 12.9. The monoisotopic (exact) mass is 407 g/mol. The van der Waals surface area contributed by atoms with Gasteiger partial charge in [-0.1, -0.05) is 23.7 Å². The number of anilines is 1. The quantitative estimate of drug-likeness (QED) is 0.618. The predicted octanol–water partition coefficient (Wildman–Crippen LogP) is 5.08. The summed E-state index contributed by atoms with van der Waals surface area (Å²) in [5.41, 5.74) is 0.322. The van der Waals surface area contributed by atoms with Gasteiger partial charge < -0.3 is 9.47 Å². The Bertz CT molecular complexity index is 1060. The number of methoxy groups -OCH3 is 1. The number of hydrogen-bond acceptors (Lipinski definition) is 4. The van der Waals surface area contributed by atoms with Crippen LogP contribution < -0.4 is 14.2 Å². The van der Waals surface area contributed by atoms with Gasteiger partial charge >= 0.3 is 0 Å². The lowest BCUT2D eigenvalue weighted by molar-refractivity contribution is 0.379. The van der Waals surface area contributed by atoms with Crippen molar-refractivity contribution in [3.05, 3.63) is 77.6 Å². The van der Waals surface area contributed by atoms with Crippen molar-refractivity contribution in [3.8, 4) is 17.2 Å². The lowest BCUT2D eigenvalue weighted by atomic mass is 10.3. The predicted molar refractivity (Wildman–Crippen MR) is 102 cm³/mol. The van der Waals surface area contributed by atoms with Crippen LogP contribution in [0.2, 0.25) is 5.02 Å². The van der Waals surface area contributed by atoms with Crippen LogP contribution in [0.3, 0.4) is 0 Å². The number of benzene rings is 3. The summed E-state index contributed by atoms with van der Waals surface area (Å²) in [6.45, 7) is 0. The number of ether oxygens (including phenoxy) is 2. The Morgan fingerprint density at radius 2 is 1.63 bits per heavy atom. The van der Waals surface area contributed by atoms with Gasteiger partial charge in [0, 0.05) is 5.69 Å². The Morgan fingerprint density at radius 3 is 2.26 bits per heavy atom. The summed E-state index contributed by atoms with van der Waals surface area (Å²) in [4.78, 5) is -0.136. The SMILES string of the molecule is COc1ccccc1Oc1ccc(NS(=O)(=O)c2ccc(F)c(Cl)c2)cc1. The Balaban J connectivity index is 1.76. The fourth-order valence-electron chi connectivity index (χ4n) is 2.28. The third-order valence-corrected chi connectivity index (χ3v) is 5.27. The summed E-state index contributed by atoms with van der Waals surface area (Å²) < 4.78 is 51.4. The van der Waals surface area contributed by atoms with Gasteiger partial charge in [-0.25, -0.2) is 12.8 Å². The van der Waals surface area contributed by atoms with Gasteiger partial charge in [0.1, 0.15) is 11.6 Å². The number of hydrogen-bond donors (Lipinski definition) is 1. The van der Waals surface area contributed by atoms with Gasteiger partial charge in [0.05, 0.1) is 17.0 Å². The first kappa shape index (κ1) is 19.0. The topological polar surface area (TPSA) is 64.6 Å². The van der Waals surface area contributed by atoms with Crippen LogP contribution >= 0.6 is 11.6 Å². The van der Waals surface area contributed by atoms with Crippen LogP contribution in [0.15, 0.2) is 71.6 Å². The average Bonchev–Trinajstić information content (AvgIpc) is 2.65. The lowest BCUT2D eigenvalue weighted by Crippen LogP contribution is -2.13. The summed E-state index contributed by atoms with van der Waals surface area (Å²) in [7, 11) is -2.35. The molecule has 0 radical (unpaired) electrons. The Hall–Kier alpha value is -2.77. The molecule has 0 bridgehead atoms. The van der Waals surface area contributed by atoms with E-state index in [1.807, 2.05) is 12.1 Å². The average molecular weight is 408 g/mol. The normalized spacial score (nSPS) is 11.1. The molecule has 5 nitrogen and oxygen atoms in total. The molecular weight excluding hydrogens is 393 g/mol. The van der Waals surface area contributed by atoms with Crippen LogP contribution in [-0.2, 0) is 10.0 Å². The Kier molecular flexibility index (Phi) is 5.53. The van der Waals surface area contributed by atoms with Gasteiger partial charge in [-0.05, 0) is 54.6 Å². The molecule has 0 atom stereocenters. The molecule has 140 valence electrons. The summed E-state index contributed by atoms with van der Waals surface area (Å²) in [5.74, 6) is 0.936. The molecule has 8 heteroatoms.